The number of benzene rings is 1. The Balaban J connectivity index is 2.04. The number of nitrogens with two attached hydrogens (primary N) is 1. The average molecular weight is 264 g/mol. The second-order valence-corrected chi connectivity index (χ2v) is 4.63. The van der Waals surface area contributed by atoms with Crippen molar-refractivity contribution in [1.82, 2.24) is 5.32 Å². The summed E-state index contributed by atoms with van der Waals surface area (Å²) in [5.41, 5.74) is 6.87. The smallest absolute Gasteiger partial charge is 0.251 e. The lowest BCUT2D eigenvalue weighted by Gasteiger charge is -2.16. The van der Waals surface area contributed by atoms with Crippen LogP contribution in [0.3, 0.4) is 0 Å². The lowest BCUT2D eigenvalue weighted by atomic mass is 10.1. The van der Waals surface area contributed by atoms with Crippen LogP contribution in [0.1, 0.15) is 30.6 Å². The van der Waals surface area contributed by atoms with Crippen LogP contribution in [-0.2, 0) is 4.74 Å². The largest absolute Gasteiger partial charge is 0.492 e. The monoisotopic (exact) mass is 264 g/mol. The molecule has 0 spiro atoms. The maximum atomic E-state index is 12.1. The SMILES string of the molecule is CCOc1ccc(C(=O)NC2CCOC2C)cc1N. The maximum absolute atomic E-state index is 12.1. The highest BCUT2D eigenvalue weighted by Gasteiger charge is 2.26. The summed E-state index contributed by atoms with van der Waals surface area (Å²) < 4.78 is 10.8. The molecule has 1 aliphatic rings. The van der Waals surface area contributed by atoms with Crippen LogP contribution in [0.5, 0.6) is 5.75 Å². The lowest BCUT2D eigenvalue weighted by molar-refractivity contribution is 0.0866. The van der Waals surface area contributed by atoms with Gasteiger partial charge in [0.25, 0.3) is 5.91 Å². The second kappa shape index (κ2) is 5.93. The van der Waals surface area contributed by atoms with Gasteiger partial charge in [-0.3, -0.25) is 4.79 Å². The van der Waals surface area contributed by atoms with Crippen LogP contribution in [0.15, 0.2) is 18.2 Å². The number of hydrogen-bond donors (Lipinski definition) is 2. The first kappa shape index (κ1) is 13.7. The number of ether oxygens (including phenoxy) is 2. The van der Waals surface area contributed by atoms with E-state index in [4.69, 9.17) is 15.2 Å². The molecular weight excluding hydrogens is 244 g/mol. The topological polar surface area (TPSA) is 73.6 Å². The molecule has 5 heteroatoms. The van der Waals surface area contributed by atoms with Crippen molar-refractivity contribution in [3.63, 3.8) is 0 Å². The summed E-state index contributed by atoms with van der Waals surface area (Å²) in [5, 5.41) is 2.96. The molecule has 1 fully saturated rings. The van der Waals surface area contributed by atoms with Gasteiger partial charge in [0.2, 0.25) is 0 Å². The van der Waals surface area contributed by atoms with Crippen LogP contribution in [-0.4, -0.2) is 31.3 Å². The molecule has 5 nitrogen and oxygen atoms in total. The predicted octanol–water partition coefficient (Wildman–Crippen LogP) is 1.57. The number of anilines is 1. The van der Waals surface area contributed by atoms with Crippen LogP contribution in [0, 0.1) is 0 Å². The van der Waals surface area contributed by atoms with Crippen LogP contribution in [0.2, 0.25) is 0 Å². The first-order chi connectivity index (χ1) is 9.11. The van der Waals surface area contributed by atoms with Crippen LogP contribution >= 0.6 is 0 Å². The summed E-state index contributed by atoms with van der Waals surface area (Å²) in [6, 6.07) is 5.15. The van der Waals surface area contributed by atoms with E-state index in [1.807, 2.05) is 13.8 Å². The zero-order chi connectivity index (χ0) is 13.8. The number of nitrogens with one attached hydrogen (secondary N) is 1. The van der Waals surface area contributed by atoms with Crippen molar-refractivity contribution < 1.29 is 14.3 Å². The van der Waals surface area contributed by atoms with Gasteiger partial charge in [-0.1, -0.05) is 0 Å². The summed E-state index contributed by atoms with van der Waals surface area (Å²) in [5.74, 6) is 0.480. The van der Waals surface area contributed by atoms with Crippen LogP contribution in [0.25, 0.3) is 0 Å². The quantitative estimate of drug-likeness (QED) is 0.810. The van der Waals surface area contributed by atoms with E-state index in [2.05, 4.69) is 5.32 Å². The van der Waals surface area contributed by atoms with Gasteiger partial charge >= 0.3 is 0 Å². The van der Waals surface area contributed by atoms with Crippen LogP contribution < -0.4 is 15.8 Å². The number of carbonyl (C=O) groups excluding carboxylic acids is 1. The van der Waals surface area contributed by atoms with Gasteiger partial charge in [0, 0.05) is 12.2 Å². The Kier molecular flexibility index (Phi) is 4.27. The summed E-state index contributed by atoms with van der Waals surface area (Å²) >= 11 is 0. The maximum Gasteiger partial charge on any atom is 0.251 e. The molecule has 1 aromatic rings. The molecule has 0 radical (unpaired) electrons. The van der Waals surface area contributed by atoms with Gasteiger partial charge in [-0.15, -0.1) is 0 Å². The number of rotatable bonds is 4. The number of nitrogen functional groups attached to an aromatic ring is 1. The summed E-state index contributed by atoms with van der Waals surface area (Å²) in [4.78, 5) is 12.1. The standard InChI is InChI=1S/C14H20N2O3/c1-3-18-13-5-4-10(8-11(13)15)14(17)16-12-6-7-19-9(12)2/h4-5,8-9,12H,3,6-7,15H2,1-2H3,(H,16,17). The first-order valence-electron chi connectivity index (χ1n) is 6.56. The predicted molar refractivity (Wildman–Crippen MR) is 73.3 cm³/mol. The van der Waals surface area contributed by atoms with E-state index in [-0.39, 0.29) is 18.1 Å². The molecule has 0 aliphatic carbocycles. The average Bonchev–Trinajstić information content (AvgIpc) is 2.78. The fraction of sp³-hybridized carbons (Fsp3) is 0.500. The molecule has 2 rings (SSSR count). The number of hydrogen-bond acceptors (Lipinski definition) is 4. The van der Waals surface area contributed by atoms with E-state index >= 15 is 0 Å². The highest BCUT2D eigenvalue weighted by molar-refractivity contribution is 5.95. The third-order valence-electron chi connectivity index (χ3n) is 3.26. The van der Waals surface area contributed by atoms with Gasteiger partial charge in [0.1, 0.15) is 5.75 Å². The molecule has 1 saturated heterocycles. The van der Waals surface area contributed by atoms with Gasteiger partial charge in [-0.25, -0.2) is 0 Å². The van der Waals surface area contributed by atoms with Crippen molar-refractivity contribution in [1.29, 1.82) is 0 Å². The molecule has 104 valence electrons. The van der Waals surface area contributed by atoms with Crippen LogP contribution in [0.4, 0.5) is 5.69 Å². The molecule has 2 atom stereocenters. The van der Waals surface area contributed by atoms with Gasteiger partial charge in [-0.2, -0.15) is 0 Å². The Hall–Kier alpha value is -1.75. The highest BCUT2D eigenvalue weighted by atomic mass is 16.5. The zero-order valence-corrected chi connectivity index (χ0v) is 11.3. The summed E-state index contributed by atoms with van der Waals surface area (Å²) in [7, 11) is 0. The molecule has 0 bridgehead atoms. The first-order valence-corrected chi connectivity index (χ1v) is 6.56. The van der Waals surface area contributed by atoms with Crippen molar-refractivity contribution in [2.24, 2.45) is 0 Å². The molecular formula is C14H20N2O3. The van der Waals surface area contributed by atoms with Crippen molar-refractivity contribution in [3.05, 3.63) is 23.8 Å². The molecule has 3 N–H and O–H groups in total. The number of carbonyl (C=O) groups is 1. The van der Waals surface area contributed by atoms with E-state index in [9.17, 15) is 4.79 Å². The molecule has 2 unspecified atom stereocenters. The Morgan fingerprint density at radius 2 is 2.37 bits per heavy atom. The Morgan fingerprint density at radius 3 is 2.95 bits per heavy atom. The molecule has 1 aromatic carbocycles. The van der Waals surface area contributed by atoms with Crippen molar-refractivity contribution in [3.8, 4) is 5.75 Å². The molecule has 1 amide bonds. The number of amides is 1. The Morgan fingerprint density at radius 1 is 1.58 bits per heavy atom. The normalized spacial score (nSPS) is 22.2. The fourth-order valence-corrected chi connectivity index (χ4v) is 2.15. The highest BCUT2D eigenvalue weighted by Crippen LogP contribution is 2.23. The van der Waals surface area contributed by atoms with Gasteiger partial charge < -0.3 is 20.5 Å². The van der Waals surface area contributed by atoms with E-state index in [0.29, 0.717) is 30.2 Å². The third kappa shape index (κ3) is 3.17. The lowest BCUT2D eigenvalue weighted by Crippen LogP contribution is -2.39. The summed E-state index contributed by atoms with van der Waals surface area (Å²) in [6.45, 7) is 5.09. The van der Waals surface area contributed by atoms with E-state index < -0.39 is 0 Å². The van der Waals surface area contributed by atoms with Gasteiger partial charge in [0.05, 0.1) is 24.4 Å². The minimum absolute atomic E-state index is 0.0593. The van der Waals surface area contributed by atoms with E-state index in [0.717, 1.165) is 6.42 Å². The van der Waals surface area contributed by atoms with Gasteiger partial charge in [-0.05, 0) is 38.5 Å². The molecule has 1 aliphatic heterocycles. The third-order valence-corrected chi connectivity index (χ3v) is 3.26. The van der Waals surface area contributed by atoms with E-state index in [1.165, 1.54) is 0 Å². The minimum Gasteiger partial charge on any atom is -0.492 e. The Labute approximate surface area is 113 Å². The zero-order valence-electron chi connectivity index (χ0n) is 11.3. The molecule has 0 aromatic heterocycles. The molecule has 1 heterocycles. The second-order valence-electron chi connectivity index (χ2n) is 4.63. The minimum atomic E-state index is -0.128. The van der Waals surface area contributed by atoms with Crippen molar-refractivity contribution in [2.45, 2.75) is 32.4 Å². The molecule has 19 heavy (non-hydrogen) atoms. The Bertz CT molecular complexity index is 462. The van der Waals surface area contributed by atoms with E-state index in [1.54, 1.807) is 18.2 Å². The van der Waals surface area contributed by atoms with Gasteiger partial charge in [0.15, 0.2) is 0 Å². The fourth-order valence-electron chi connectivity index (χ4n) is 2.15. The molecule has 0 saturated carbocycles. The van der Waals surface area contributed by atoms with Crippen molar-refractivity contribution >= 4 is 11.6 Å². The summed E-state index contributed by atoms with van der Waals surface area (Å²) in [6.07, 6.45) is 0.906. The van der Waals surface area contributed by atoms with Crippen molar-refractivity contribution in [2.75, 3.05) is 18.9 Å².